The first-order valence-corrected chi connectivity index (χ1v) is 3.53. The van der Waals surface area contributed by atoms with Crippen molar-refractivity contribution in [1.82, 2.24) is 9.97 Å². The van der Waals surface area contributed by atoms with Crippen molar-refractivity contribution < 1.29 is 9.90 Å². The van der Waals surface area contributed by atoms with Gasteiger partial charge in [-0.2, -0.15) is 0 Å². The Morgan fingerprint density at radius 3 is 2.83 bits per heavy atom. The largest absolute Gasteiger partial charge is 0.478 e. The molecule has 64 valence electrons. The lowest BCUT2D eigenvalue weighted by Gasteiger charge is -1.89. The predicted octanol–water partition coefficient (Wildman–Crippen LogP) is 1.21. The molecule has 0 fully saturated rings. The molecule has 0 unspecified atom stereocenters. The predicted molar refractivity (Wildman–Crippen MR) is 44.6 cm³/mol. The fourth-order valence-corrected chi connectivity index (χ4v) is 0.808. The van der Waals surface area contributed by atoms with E-state index >= 15 is 0 Å². The van der Waals surface area contributed by atoms with E-state index in [1.54, 1.807) is 19.2 Å². The second kappa shape index (κ2) is 3.21. The standard InChI is InChI=1S/C8H10N2O2/c1-5(8(11)12)3-7-4-9-6(2)10-7/h3-4H,1-2H3,(H,9,10)(H,11,12)/b5-3+. The Hall–Kier alpha value is -1.58. The minimum Gasteiger partial charge on any atom is -0.478 e. The van der Waals surface area contributed by atoms with E-state index in [-0.39, 0.29) is 0 Å². The Kier molecular flexibility index (Phi) is 2.28. The molecule has 2 N–H and O–H groups in total. The molecule has 0 spiro atoms. The van der Waals surface area contributed by atoms with Crippen LogP contribution in [0.25, 0.3) is 6.08 Å². The fraction of sp³-hybridized carbons (Fsp3) is 0.250. The summed E-state index contributed by atoms with van der Waals surface area (Å²) >= 11 is 0. The molecule has 1 aromatic rings. The van der Waals surface area contributed by atoms with Gasteiger partial charge in [-0.15, -0.1) is 0 Å². The van der Waals surface area contributed by atoms with Gasteiger partial charge in [0.1, 0.15) is 5.82 Å². The number of hydrogen-bond donors (Lipinski definition) is 2. The lowest BCUT2D eigenvalue weighted by Crippen LogP contribution is -1.95. The molecule has 0 saturated heterocycles. The first-order chi connectivity index (χ1) is 5.59. The minimum absolute atomic E-state index is 0.290. The van der Waals surface area contributed by atoms with Crippen LogP contribution in [0.3, 0.4) is 0 Å². The summed E-state index contributed by atoms with van der Waals surface area (Å²) < 4.78 is 0. The quantitative estimate of drug-likeness (QED) is 0.649. The van der Waals surface area contributed by atoms with E-state index in [4.69, 9.17) is 5.11 Å². The van der Waals surface area contributed by atoms with Gasteiger partial charge in [-0.25, -0.2) is 9.78 Å². The number of carbonyl (C=O) groups is 1. The van der Waals surface area contributed by atoms with Crippen molar-refractivity contribution in [3.63, 3.8) is 0 Å². The van der Waals surface area contributed by atoms with Crippen molar-refractivity contribution in [3.05, 3.63) is 23.3 Å². The summed E-state index contributed by atoms with van der Waals surface area (Å²) in [6.07, 6.45) is 3.14. The Morgan fingerprint density at radius 2 is 2.42 bits per heavy atom. The molecule has 4 nitrogen and oxygen atoms in total. The van der Waals surface area contributed by atoms with E-state index < -0.39 is 5.97 Å². The first-order valence-electron chi connectivity index (χ1n) is 3.53. The SMILES string of the molecule is C/C(=C\c1cnc(C)[nH]1)C(=O)O. The van der Waals surface area contributed by atoms with E-state index in [9.17, 15) is 4.79 Å². The minimum atomic E-state index is -0.915. The van der Waals surface area contributed by atoms with Crippen molar-refractivity contribution in [3.8, 4) is 0 Å². The number of hydrogen-bond acceptors (Lipinski definition) is 2. The molecule has 4 heteroatoms. The summed E-state index contributed by atoms with van der Waals surface area (Å²) in [5.74, 6) is -0.137. The lowest BCUT2D eigenvalue weighted by atomic mass is 10.2. The average Bonchev–Trinajstić information content (AvgIpc) is 2.35. The molecule has 0 saturated carbocycles. The number of aromatic nitrogens is 2. The molecular formula is C8H10N2O2. The van der Waals surface area contributed by atoms with Crippen molar-refractivity contribution >= 4 is 12.0 Å². The van der Waals surface area contributed by atoms with Gasteiger partial charge in [0.05, 0.1) is 11.9 Å². The molecule has 0 aliphatic rings. The average molecular weight is 166 g/mol. The maximum Gasteiger partial charge on any atom is 0.331 e. The van der Waals surface area contributed by atoms with Gasteiger partial charge >= 0.3 is 5.97 Å². The summed E-state index contributed by atoms with van der Waals surface area (Å²) in [7, 11) is 0. The topological polar surface area (TPSA) is 66.0 Å². The number of H-pyrrole nitrogens is 1. The Morgan fingerprint density at radius 1 is 1.75 bits per heavy atom. The van der Waals surface area contributed by atoms with Crippen molar-refractivity contribution in [2.45, 2.75) is 13.8 Å². The number of aliphatic carboxylic acids is 1. The van der Waals surface area contributed by atoms with Gasteiger partial charge in [-0.3, -0.25) is 0 Å². The van der Waals surface area contributed by atoms with Crippen LogP contribution >= 0.6 is 0 Å². The van der Waals surface area contributed by atoms with Crippen LogP contribution in [-0.4, -0.2) is 21.0 Å². The van der Waals surface area contributed by atoms with E-state index in [0.29, 0.717) is 11.3 Å². The van der Waals surface area contributed by atoms with Crippen LogP contribution in [-0.2, 0) is 4.79 Å². The second-order valence-electron chi connectivity index (χ2n) is 2.56. The fourth-order valence-electron chi connectivity index (χ4n) is 0.808. The molecule has 0 bridgehead atoms. The highest BCUT2D eigenvalue weighted by Gasteiger charge is 2.00. The number of carboxylic acids is 1. The molecule has 0 radical (unpaired) electrons. The van der Waals surface area contributed by atoms with Gasteiger partial charge in [0.25, 0.3) is 0 Å². The normalized spacial score (nSPS) is 11.7. The van der Waals surface area contributed by atoms with Crippen molar-refractivity contribution in [1.29, 1.82) is 0 Å². The summed E-state index contributed by atoms with van der Waals surface area (Å²) in [5.41, 5.74) is 1.01. The van der Waals surface area contributed by atoms with Crippen LogP contribution in [0, 0.1) is 6.92 Å². The maximum absolute atomic E-state index is 10.4. The number of nitrogens with zero attached hydrogens (tertiary/aromatic N) is 1. The van der Waals surface area contributed by atoms with Gasteiger partial charge in [-0.1, -0.05) is 0 Å². The number of rotatable bonds is 2. The summed E-state index contributed by atoms with van der Waals surface area (Å²) in [5, 5.41) is 8.55. The van der Waals surface area contributed by atoms with Gasteiger partial charge in [0.15, 0.2) is 0 Å². The van der Waals surface area contributed by atoms with Gasteiger partial charge in [-0.05, 0) is 19.9 Å². The molecule has 0 aliphatic heterocycles. The molecule has 0 amide bonds. The molecule has 0 atom stereocenters. The van der Waals surface area contributed by atoms with Crippen LogP contribution < -0.4 is 0 Å². The smallest absolute Gasteiger partial charge is 0.331 e. The Labute approximate surface area is 70.0 Å². The number of imidazole rings is 1. The maximum atomic E-state index is 10.4. The molecule has 1 heterocycles. The number of aryl methyl sites for hydroxylation is 1. The van der Waals surface area contributed by atoms with Crippen LogP contribution in [0.15, 0.2) is 11.8 Å². The first kappa shape index (κ1) is 8.52. The zero-order chi connectivity index (χ0) is 9.14. The number of nitrogens with one attached hydrogen (secondary N) is 1. The third-order valence-corrected chi connectivity index (χ3v) is 1.43. The highest BCUT2D eigenvalue weighted by Crippen LogP contribution is 2.03. The van der Waals surface area contributed by atoms with Crippen molar-refractivity contribution in [2.75, 3.05) is 0 Å². The van der Waals surface area contributed by atoms with Crippen LogP contribution in [0.4, 0.5) is 0 Å². The third-order valence-electron chi connectivity index (χ3n) is 1.43. The lowest BCUT2D eigenvalue weighted by molar-refractivity contribution is -0.132. The summed E-state index contributed by atoms with van der Waals surface area (Å²) in [6, 6.07) is 0. The van der Waals surface area contributed by atoms with Crippen LogP contribution in [0.1, 0.15) is 18.4 Å². The zero-order valence-corrected chi connectivity index (χ0v) is 6.96. The molecule has 1 rings (SSSR count). The van der Waals surface area contributed by atoms with E-state index in [2.05, 4.69) is 9.97 Å². The zero-order valence-electron chi connectivity index (χ0n) is 6.96. The van der Waals surface area contributed by atoms with Gasteiger partial charge < -0.3 is 10.1 Å². The van der Waals surface area contributed by atoms with Crippen LogP contribution in [0.5, 0.6) is 0 Å². The third kappa shape index (κ3) is 1.95. The van der Waals surface area contributed by atoms with Crippen LogP contribution in [0.2, 0.25) is 0 Å². The summed E-state index contributed by atoms with van der Waals surface area (Å²) in [4.78, 5) is 17.3. The number of aromatic amines is 1. The molecule has 12 heavy (non-hydrogen) atoms. The van der Waals surface area contributed by atoms with E-state index in [1.807, 2.05) is 6.92 Å². The molecule has 0 aromatic carbocycles. The summed E-state index contributed by atoms with van der Waals surface area (Å²) in [6.45, 7) is 3.35. The molecule has 0 aliphatic carbocycles. The number of carboxylic acid groups (broad SMARTS) is 1. The van der Waals surface area contributed by atoms with Crippen molar-refractivity contribution in [2.24, 2.45) is 0 Å². The van der Waals surface area contributed by atoms with E-state index in [0.717, 1.165) is 5.82 Å². The Bertz CT molecular complexity index is 326. The second-order valence-corrected chi connectivity index (χ2v) is 2.56. The molecule has 1 aromatic heterocycles. The highest BCUT2D eigenvalue weighted by atomic mass is 16.4. The Balaban J connectivity index is 2.87. The molecular weight excluding hydrogens is 156 g/mol. The highest BCUT2D eigenvalue weighted by molar-refractivity contribution is 5.91. The van der Waals surface area contributed by atoms with Gasteiger partial charge in [0, 0.05) is 5.57 Å². The monoisotopic (exact) mass is 166 g/mol. The van der Waals surface area contributed by atoms with E-state index in [1.165, 1.54) is 0 Å². The van der Waals surface area contributed by atoms with Gasteiger partial charge in [0.2, 0.25) is 0 Å².